The Hall–Kier alpha value is -7.56. The van der Waals surface area contributed by atoms with Crippen LogP contribution in [0.5, 0.6) is 0 Å². The molecule has 1 aliphatic rings. The van der Waals surface area contributed by atoms with Crippen LogP contribution in [0.4, 0.5) is 34.1 Å². The Kier molecular flexibility index (Phi) is 8.87. The number of benzene rings is 9. The highest BCUT2D eigenvalue weighted by Crippen LogP contribution is 2.56. The van der Waals surface area contributed by atoms with Gasteiger partial charge in [-0.2, -0.15) is 0 Å². The Balaban J connectivity index is 1.07. The van der Waals surface area contributed by atoms with E-state index in [1.165, 1.54) is 44.2 Å². The molecule has 0 saturated heterocycles. The molecule has 0 unspecified atom stereocenters. The van der Waals surface area contributed by atoms with E-state index in [-0.39, 0.29) is 5.41 Å². The minimum Gasteiger partial charge on any atom is -0.454 e. The first-order valence-electron chi connectivity index (χ1n) is 23.0. The molecule has 0 spiro atoms. The van der Waals surface area contributed by atoms with Gasteiger partial charge < -0.3 is 18.6 Å². The Bertz CT molecular complexity index is 3640. The second kappa shape index (κ2) is 14.8. The average molecular weight is 843 g/mol. The van der Waals surface area contributed by atoms with Crippen LogP contribution in [0, 0.1) is 0 Å². The fourth-order valence-electron chi connectivity index (χ4n) is 10.5. The van der Waals surface area contributed by atoms with Crippen molar-refractivity contribution in [2.45, 2.75) is 58.8 Å². The van der Waals surface area contributed by atoms with Crippen molar-refractivity contribution in [3.63, 3.8) is 0 Å². The molecule has 0 amide bonds. The largest absolute Gasteiger partial charge is 0.454 e. The summed E-state index contributed by atoms with van der Waals surface area (Å²) in [7, 11) is 0. The Morgan fingerprint density at radius 1 is 0.385 bits per heavy atom. The van der Waals surface area contributed by atoms with Crippen LogP contribution < -0.4 is 9.80 Å². The second-order valence-corrected chi connectivity index (χ2v) is 18.9. The van der Waals surface area contributed by atoms with Gasteiger partial charge in [0.05, 0.1) is 17.1 Å². The minimum absolute atomic E-state index is 0.351. The molecule has 65 heavy (non-hydrogen) atoms. The highest BCUT2D eigenvalue weighted by Gasteiger charge is 2.39. The first-order valence-corrected chi connectivity index (χ1v) is 23.0. The van der Waals surface area contributed by atoms with Gasteiger partial charge in [-0.3, -0.25) is 0 Å². The zero-order valence-corrected chi connectivity index (χ0v) is 37.7. The number of hydrogen-bond donors (Lipinski definition) is 0. The Labute approximate surface area is 380 Å². The van der Waals surface area contributed by atoms with E-state index in [9.17, 15) is 0 Å². The molecular formula is C61H50N2O2. The molecule has 1 aliphatic carbocycles. The predicted octanol–water partition coefficient (Wildman–Crippen LogP) is 18.1. The van der Waals surface area contributed by atoms with E-state index in [1.54, 1.807) is 0 Å². The zero-order chi connectivity index (χ0) is 44.1. The molecule has 2 heterocycles. The second-order valence-electron chi connectivity index (χ2n) is 18.9. The number of rotatable bonds is 8. The van der Waals surface area contributed by atoms with Crippen LogP contribution in [0.25, 0.3) is 65.8 Å². The fraction of sp³-hybridized carbons (Fsp3) is 0.148. The number of hydrogen-bond acceptors (Lipinski definition) is 4. The maximum Gasteiger partial charge on any atom is 0.159 e. The van der Waals surface area contributed by atoms with Crippen LogP contribution in [0.1, 0.15) is 75.6 Å². The highest BCUT2D eigenvalue weighted by atomic mass is 16.3. The maximum absolute atomic E-state index is 6.78. The molecule has 0 atom stereocenters. The fourth-order valence-corrected chi connectivity index (χ4v) is 10.5. The molecule has 0 aliphatic heterocycles. The maximum atomic E-state index is 6.78. The van der Waals surface area contributed by atoms with E-state index >= 15 is 0 Å². The van der Waals surface area contributed by atoms with E-state index < -0.39 is 0 Å². The quantitative estimate of drug-likeness (QED) is 0.153. The normalized spacial score (nSPS) is 13.2. The molecule has 12 rings (SSSR count). The number of furan rings is 2. The van der Waals surface area contributed by atoms with Crippen molar-refractivity contribution in [2.24, 2.45) is 0 Å². The number of anilines is 6. The molecule has 4 heteroatoms. The third kappa shape index (κ3) is 6.04. The van der Waals surface area contributed by atoms with Crippen molar-refractivity contribution in [3.05, 3.63) is 204 Å². The van der Waals surface area contributed by atoms with Gasteiger partial charge in [-0.15, -0.1) is 0 Å². The SMILES string of the molecule is CC(C)c1ccc(N(c2ccc3c(c2)C(C)(C)c2cc(N(c4ccc(C(C)C)cc4)c4cccc5c4oc4ccccc45)c4ccccc4c2-3)c2cccc3c2oc2ccccc23)cc1. The molecule has 0 bridgehead atoms. The molecule has 2 aromatic heterocycles. The summed E-state index contributed by atoms with van der Waals surface area (Å²) in [4.78, 5) is 4.81. The third-order valence-corrected chi connectivity index (χ3v) is 14.0. The van der Waals surface area contributed by atoms with Crippen molar-refractivity contribution in [1.82, 2.24) is 0 Å². The van der Waals surface area contributed by atoms with Gasteiger partial charge in [-0.05, 0) is 117 Å². The Morgan fingerprint density at radius 2 is 0.846 bits per heavy atom. The van der Waals surface area contributed by atoms with E-state index in [0.717, 1.165) is 78.0 Å². The van der Waals surface area contributed by atoms with Gasteiger partial charge in [0, 0.05) is 49.4 Å². The van der Waals surface area contributed by atoms with Crippen molar-refractivity contribution >= 4 is 88.8 Å². The lowest BCUT2D eigenvalue weighted by molar-refractivity contribution is 0.660. The van der Waals surface area contributed by atoms with Gasteiger partial charge in [0.1, 0.15) is 11.2 Å². The van der Waals surface area contributed by atoms with Crippen LogP contribution in [-0.2, 0) is 5.41 Å². The number of nitrogens with zero attached hydrogens (tertiary/aromatic N) is 2. The van der Waals surface area contributed by atoms with Gasteiger partial charge in [0.25, 0.3) is 0 Å². The van der Waals surface area contributed by atoms with Gasteiger partial charge >= 0.3 is 0 Å². The third-order valence-electron chi connectivity index (χ3n) is 14.0. The molecular weight excluding hydrogens is 793 g/mol. The van der Waals surface area contributed by atoms with Crippen LogP contribution >= 0.6 is 0 Å². The van der Waals surface area contributed by atoms with E-state index in [1.807, 2.05) is 12.1 Å². The number of fused-ring (bicyclic) bond motifs is 11. The highest BCUT2D eigenvalue weighted by molar-refractivity contribution is 6.15. The smallest absolute Gasteiger partial charge is 0.159 e. The van der Waals surface area contributed by atoms with Gasteiger partial charge in [-0.25, -0.2) is 0 Å². The lowest BCUT2D eigenvalue weighted by atomic mass is 9.81. The predicted molar refractivity (Wildman–Crippen MR) is 274 cm³/mol. The molecule has 0 fully saturated rings. The molecule has 0 radical (unpaired) electrons. The first kappa shape index (κ1) is 39.1. The summed E-state index contributed by atoms with van der Waals surface area (Å²) in [5, 5.41) is 6.86. The minimum atomic E-state index is -0.351. The molecule has 0 N–H and O–H groups in total. The monoisotopic (exact) mass is 842 g/mol. The first-order chi connectivity index (χ1) is 31.7. The van der Waals surface area contributed by atoms with E-state index in [4.69, 9.17) is 8.83 Å². The summed E-state index contributed by atoms with van der Waals surface area (Å²) in [6.07, 6.45) is 0. The van der Waals surface area contributed by atoms with Crippen LogP contribution in [-0.4, -0.2) is 0 Å². The lowest BCUT2D eigenvalue weighted by Gasteiger charge is -2.30. The van der Waals surface area contributed by atoms with Crippen LogP contribution in [0.2, 0.25) is 0 Å². The molecule has 316 valence electrons. The Morgan fingerprint density at radius 3 is 1.40 bits per heavy atom. The summed E-state index contributed by atoms with van der Waals surface area (Å²) < 4.78 is 13.5. The van der Waals surface area contributed by atoms with Crippen LogP contribution in [0.15, 0.2) is 191 Å². The zero-order valence-electron chi connectivity index (χ0n) is 37.7. The van der Waals surface area contributed by atoms with Gasteiger partial charge in [0.2, 0.25) is 0 Å². The van der Waals surface area contributed by atoms with Crippen molar-refractivity contribution < 1.29 is 8.83 Å². The van der Waals surface area contributed by atoms with Crippen molar-refractivity contribution in [2.75, 3.05) is 9.80 Å². The van der Waals surface area contributed by atoms with E-state index in [0.29, 0.717) is 11.8 Å². The molecule has 4 nitrogen and oxygen atoms in total. The summed E-state index contributed by atoms with van der Waals surface area (Å²) >= 11 is 0. The summed E-state index contributed by atoms with van der Waals surface area (Å²) in [5.41, 5.74) is 17.3. The van der Waals surface area contributed by atoms with E-state index in [2.05, 4.69) is 221 Å². The lowest BCUT2D eigenvalue weighted by Crippen LogP contribution is -2.18. The molecule has 0 saturated carbocycles. The molecule has 9 aromatic carbocycles. The summed E-state index contributed by atoms with van der Waals surface area (Å²) in [6, 6.07) is 66.4. The molecule has 11 aromatic rings. The van der Waals surface area contributed by atoms with Crippen molar-refractivity contribution in [3.8, 4) is 11.1 Å². The van der Waals surface area contributed by atoms with Gasteiger partial charge in [0.15, 0.2) is 11.2 Å². The van der Waals surface area contributed by atoms with Crippen LogP contribution in [0.3, 0.4) is 0 Å². The standard InChI is InChI=1S/C61H50N2O2/c1-37(2)39-25-29-41(30-26-39)62(53-21-13-19-48-45-16-9-11-23-56(45)64-59(48)53)43-33-34-50-51(35-43)61(5,6)52-36-55(44-15-7-8-18-47(44)58(50)52)63(42-31-27-40(28-32-42)38(3)4)54-22-14-20-49-46-17-10-12-24-57(46)65-60(49)54/h7-38H,1-6H3. The summed E-state index contributed by atoms with van der Waals surface area (Å²) in [6.45, 7) is 13.8. The number of para-hydroxylation sites is 4. The summed E-state index contributed by atoms with van der Waals surface area (Å²) in [5.74, 6) is 0.848. The average Bonchev–Trinajstić information content (AvgIpc) is 3.98. The topological polar surface area (TPSA) is 32.8 Å². The van der Waals surface area contributed by atoms with Crippen molar-refractivity contribution in [1.29, 1.82) is 0 Å². The van der Waals surface area contributed by atoms with Gasteiger partial charge in [-0.1, -0.05) is 157 Å².